The first-order valence-corrected chi connectivity index (χ1v) is 8.06. The largest absolute Gasteiger partial charge is 0.462 e. The van der Waals surface area contributed by atoms with Crippen molar-refractivity contribution in [1.29, 1.82) is 0 Å². The van der Waals surface area contributed by atoms with Crippen molar-refractivity contribution in [1.82, 2.24) is 10.1 Å². The van der Waals surface area contributed by atoms with E-state index in [1.807, 2.05) is 0 Å². The van der Waals surface area contributed by atoms with Crippen LogP contribution in [0.4, 0.5) is 5.69 Å². The summed E-state index contributed by atoms with van der Waals surface area (Å²) in [6.07, 6.45) is 0. The highest BCUT2D eigenvalue weighted by Gasteiger charge is 2.10. The van der Waals surface area contributed by atoms with E-state index in [0.29, 0.717) is 35.1 Å². The maximum atomic E-state index is 12.3. The summed E-state index contributed by atoms with van der Waals surface area (Å²) in [7, 11) is 0. The smallest absolute Gasteiger partial charge is 0.338 e. The molecule has 7 nitrogen and oxygen atoms in total. The molecule has 0 spiro atoms. The highest BCUT2D eigenvalue weighted by Crippen LogP contribution is 2.17. The summed E-state index contributed by atoms with van der Waals surface area (Å²) < 4.78 is 9.87. The molecule has 26 heavy (non-hydrogen) atoms. The summed E-state index contributed by atoms with van der Waals surface area (Å²) in [6.45, 7) is 3.78. The van der Waals surface area contributed by atoms with Gasteiger partial charge in [0.1, 0.15) is 0 Å². The van der Waals surface area contributed by atoms with Crippen LogP contribution in [0, 0.1) is 6.92 Å². The minimum Gasteiger partial charge on any atom is -0.462 e. The van der Waals surface area contributed by atoms with E-state index in [0.717, 1.165) is 5.56 Å². The number of carbonyl (C=O) groups is 2. The van der Waals surface area contributed by atoms with E-state index >= 15 is 0 Å². The zero-order valence-corrected chi connectivity index (χ0v) is 14.4. The number of hydrogen-bond donors (Lipinski definition) is 1. The van der Waals surface area contributed by atoms with Gasteiger partial charge in [0.05, 0.1) is 12.2 Å². The number of hydrogen-bond acceptors (Lipinski definition) is 6. The van der Waals surface area contributed by atoms with Crippen molar-refractivity contribution in [3.63, 3.8) is 0 Å². The molecule has 0 bridgehead atoms. The zero-order valence-electron chi connectivity index (χ0n) is 14.4. The van der Waals surface area contributed by atoms with Crippen LogP contribution in [0.3, 0.4) is 0 Å². The Morgan fingerprint density at radius 2 is 1.69 bits per heavy atom. The molecule has 0 aliphatic carbocycles. The van der Waals surface area contributed by atoms with E-state index in [4.69, 9.17) is 9.26 Å². The summed E-state index contributed by atoms with van der Waals surface area (Å²) in [5, 5.41) is 6.62. The van der Waals surface area contributed by atoms with E-state index in [1.54, 1.807) is 62.4 Å². The SMILES string of the molecule is CCOC(=O)c1ccc(NC(=O)c2ccc(-c3noc(C)n3)cc2)cc1. The fourth-order valence-electron chi connectivity index (χ4n) is 2.29. The zero-order chi connectivity index (χ0) is 18.5. The van der Waals surface area contributed by atoms with Crippen LogP contribution in [-0.4, -0.2) is 28.6 Å². The van der Waals surface area contributed by atoms with E-state index in [-0.39, 0.29) is 5.91 Å². The first kappa shape index (κ1) is 17.3. The van der Waals surface area contributed by atoms with Gasteiger partial charge in [-0.2, -0.15) is 4.98 Å². The molecule has 1 N–H and O–H groups in total. The summed E-state index contributed by atoms with van der Waals surface area (Å²) >= 11 is 0. The number of esters is 1. The van der Waals surface area contributed by atoms with Gasteiger partial charge < -0.3 is 14.6 Å². The lowest BCUT2D eigenvalue weighted by Crippen LogP contribution is -2.12. The van der Waals surface area contributed by atoms with Gasteiger partial charge in [-0.1, -0.05) is 17.3 Å². The predicted octanol–water partition coefficient (Wildman–Crippen LogP) is 3.47. The molecule has 1 aromatic heterocycles. The third-order valence-electron chi connectivity index (χ3n) is 3.59. The van der Waals surface area contributed by atoms with Gasteiger partial charge in [0.15, 0.2) is 0 Å². The minimum absolute atomic E-state index is 0.260. The van der Waals surface area contributed by atoms with Crippen LogP contribution in [-0.2, 0) is 4.74 Å². The van der Waals surface area contributed by atoms with Gasteiger partial charge in [-0.3, -0.25) is 4.79 Å². The quantitative estimate of drug-likeness (QED) is 0.707. The molecule has 0 aliphatic rings. The lowest BCUT2D eigenvalue weighted by Gasteiger charge is -2.07. The molecule has 1 heterocycles. The number of ether oxygens (including phenoxy) is 1. The maximum Gasteiger partial charge on any atom is 0.338 e. The number of aryl methyl sites for hydroxylation is 1. The lowest BCUT2D eigenvalue weighted by atomic mass is 10.1. The van der Waals surface area contributed by atoms with Gasteiger partial charge in [0.2, 0.25) is 11.7 Å². The van der Waals surface area contributed by atoms with Crippen LogP contribution in [0.2, 0.25) is 0 Å². The van der Waals surface area contributed by atoms with Crippen LogP contribution >= 0.6 is 0 Å². The second-order valence-corrected chi connectivity index (χ2v) is 5.47. The Morgan fingerprint density at radius 3 is 2.27 bits per heavy atom. The third kappa shape index (κ3) is 3.94. The molecule has 0 saturated carbocycles. The van der Waals surface area contributed by atoms with E-state index < -0.39 is 5.97 Å². The number of carbonyl (C=O) groups excluding carboxylic acids is 2. The van der Waals surface area contributed by atoms with Crippen LogP contribution in [0.5, 0.6) is 0 Å². The molecule has 0 radical (unpaired) electrons. The third-order valence-corrected chi connectivity index (χ3v) is 3.59. The van der Waals surface area contributed by atoms with Crippen LogP contribution in [0.25, 0.3) is 11.4 Å². The standard InChI is InChI=1S/C19H17N3O4/c1-3-25-19(24)15-8-10-16(11-9-15)21-18(23)14-6-4-13(5-7-14)17-20-12(2)26-22-17/h4-11H,3H2,1-2H3,(H,21,23). The average Bonchev–Trinajstić information content (AvgIpc) is 3.09. The van der Waals surface area contributed by atoms with Crippen LogP contribution in [0.1, 0.15) is 33.5 Å². The van der Waals surface area contributed by atoms with Crippen molar-refractivity contribution in [2.24, 2.45) is 0 Å². The molecular formula is C19H17N3O4. The van der Waals surface area contributed by atoms with Gasteiger partial charge >= 0.3 is 5.97 Å². The molecule has 0 saturated heterocycles. The summed E-state index contributed by atoms with van der Waals surface area (Å²) in [5.41, 5.74) is 2.27. The molecule has 0 atom stereocenters. The molecular weight excluding hydrogens is 334 g/mol. The molecule has 0 fully saturated rings. The molecule has 7 heteroatoms. The van der Waals surface area contributed by atoms with Crippen molar-refractivity contribution >= 4 is 17.6 Å². The highest BCUT2D eigenvalue weighted by atomic mass is 16.5. The van der Waals surface area contributed by atoms with Crippen molar-refractivity contribution < 1.29 is 18.8 Å². The first-order chi connectivity index (χ1) is 12.6. The number of anilines is 1. The fourth-order valence-corrected chi connectivity index (χ4v) is 2.29. The molecule has 0 unspecified atom stereocenters. The van der Waals surface area contributed by atoms with Crippen molar-refractivity contribution in [2.75, 3.05) is 11.9 Å². The summed E-state index contributed by atoms with van der Waals surface area (Å²) in [4.78, 5) is 28.1. The number of benzene rings is 2. The normalized spacial score (nSPS) is 10.4. The molecule has 1 amide bonds. The Balaban J connectivity index is 1.67. The number of aromatic nitrogens is 2. The Kier molecular flexibility index (Phi) is 5.07. The summed E-state index contributed by atoms with van der Waals surface area (Å²) in [6, 6.07) is 13.4. The maximum absolute atomic E-state index is 12.3. The minimum atomic E-state index is -0.391. The van der Waals surface area contributed by atoms with Crippen molar-refractivity contribution in [2.45, 2.75) is 13.8 Å². The second kappa shape index (κ2) is 7.60. The van der Waals surface area contributed by atoms with E-state index in [2.05, 4.69) is 15.5 Å². The summed E-state index contributed by atoms with van der Waals surface area (Å²) in [5.74, 6) is 0.305. The monoisotopic (exact) mass is 351 g/mol. The predicted molar refractivity (Wildman–Crippen MR) is 94.8 cm³/mol. The molecule has 3 aromatic rings. The Hall–Kier alpha value is -3.48. The molecule has 3 rings (SSSR count). The van der Waals surface area contributed by atoms with Crippen LogP contribution in [0.15, 0.2) is 53.1 Å². The average molecular weight is 351 g/mol. The lowest BCUT2D eigenvalue weighted by molar-refractivity contribution is 0.0526. The highest BCUT2D eigenvalue weighted by molar-refractivity contribution is 6.04. The first-order valence-electron chi connectivity index (χ1n) is 8.06. The Morgan fingerprint density at radius 1 is 1.04 bits per heavy atom. The van der Waals surface area contributed by atoms with E-state index in [9.17, 15) is 9.59 Å². The number of rotatable bonds is 5. The number of nitrogens with one attached hydrogen (secondary N) is 1. The van der Waals surface area contributed by atoms with Crippen LogP contribution < -0.4 is 5.32 Å². The van der Waals surface area contributed by atoms with Gasteiger partial charge in [-0.05, 0) is 43.3 Å². The van der Waals surface area contributed by atoms with Gasteiger partial charge in [-0.15, -0.1) is 0 Å². The van der Waals surface area contributed by atoms with Crippen molar-refractivity contribution in [3.8, 4) is 11.4 Å². The second-order valence-electron chi connectivity index (χ2n) is 5.47. The van der Waals surface area contributed by atoms with Gasteiger partial charge in [0.25, 0.3) is 5.91 Å². The van der Waals surface area contributed by atoms with E-state index in [1.165, 1.54) is 0 Å². The molecule has 2 aromatic carbocycles. The fraction of sp³-hybridized carbons (Fsp3) is 0.158. The number of amides is 1. The Bertz CT molecular complexity index is 915. The van der Waals surface area contributed by atoms with Gasteiger partial charge in [0, 0.05) is 23.7 Å². The molecule has 0 aliphatic heterocycles. The number of nitrogens with zero attached hydrogens (tertiary/aromatic N) is 2. The Labute approximate surface area is 150 Å². The van der Waals surface area contributed by atoms with Crippen molar-refractivity contribution in [3.05, 3.63) is 65.5 Å². The molecule has 132 valence electrons. The van der Waals surface area contributed by atoms with Gasteiger partial charge in [-0.25, -0.2) is 4.79 Å². The topological polar surface area (TPSA) is 94.3 Å².